The summed E-state index contributed by atoms with van der Waals surface area (Å²) < 4.78 is 11.6. The average Bonchev–Trinajstić information content (AvgIpc) is 3.20. The predicted octanol–water partition coefficient (Wildman–Crippen LogP) is 2.21. The third-order valence-electron chi connectivity index (χ3n) is 7.23. The fourth-order valence-corrected chi connectivity index (χ4v) is 5.81. The van der Waals surface area contributed by atoms with Crippen LogP contribution in [0.5, 0.6) is 5.75 Å². The van der Waals surface area contributed by atoms with E-state index >= 15 is 0 Å². The minimum absolute atomic E-state index is 0.180. The van der Waals surface area contributed by atoms with Gasteiger partial charge in [0.05, 0.1) is 24.5 Å². The van der Waals surface area contributed by atoms with Crippen LogP contribution in [0.25, 0.3) is 10.8 Å². The highest BCUT2D eigenvalue weighted by molar-refractivity contribution is 6.05. The molecule has 1 aliphatic carbocycles. The number of phenols is 1. The summed E-state index contributed by atoms with van der Waals surface area (Å²) in [5, 5.41) is 23.4. The third kappa shape index (κ3) is 2.55. The topological polar surface area (TPSA) is 96.3 Å². The van der Waals surface area contributed by atoms with E-state index in [1.807, 2.05) is 24.3 Å². The smallest absolute Gasteiger partial charge is 0.233 e. The number of aliphatic hydroxyl groups is 1. The van der Waals surface area contributed by atoms with Crippen molar-refractivity contribution in [2.75, 3.05) is 20.8 Å². The van der Waals surface area contributed by atoms with Gasteiger partial charge in [0.15, 0.2) is 5.79 Å². The Bertz CT molecular complexity index is 1040. The first-order chi connectivity index (χ1) is 14.4. The summed E-state index contributed by atoms with van der Waals surface area (Å²) in [6.45, 7) is 0.241. The van der Waals surface area contributed by atoms with Gasteiger partial charge in [0.1, 0.15) is 5.75 Å². The fourth-order valence-electron chi connectivity index (χ4n) is 5.81. The van der Waals surface area contributed by atoms with Crippen molar-refractivity contribution < 1.29 is 29.3 Å². The van der Waals surface area contributed by atoms with E-state index in [9.17, 15) is 19.8 Å². The SMILES string of the molecule is COC[C@H]1C[C@@H]2C(=O)N(C)C(=O)[C@@H]2[C@@H]2C[C@@H](c3ccc(O)c4ccccc34)O[C@]12O. The second kappa shape index (κ2) is 6.77. The van der Waals surface area contributed by atoms with E-state index in [1.165, 1.54) is 11.9 Å². The number of ether oxygens (including phenoxy) is 2. The van der Waals surface area contributed by atoms with Gasteiger partial charge in [-0.15, -0.1) is 0 Å². The van der Waals surface area contributed by atoms with Gasteiger partial charge < -0.3 is 19.7 Å². The predicted molar refractivity (Wildman–Crippen MR) is 107 cm³/mol. The Morgan fingerprint density at radius 1 is 1.13 bits per heavy atom. The minimum atomic E-state index is -1.55. The molecule has 7 nitrogen and oxygen atoms in total. The number of aromatic hydroxyl groups is 1. The summed E-state index contributed by atoms with van der Waals surface area (Å²) in [4.78, 5) is 26.7. The molecule has 2 aromatic rings. The van der Waals surface area contributed by atoms with Gasteiger partial charge in [-0.1, -0.05) is 30.3 Å². The molecular formula is C23H25NO6. The molecule has 2 amide bonds. The number of carbonyl (C=O) groups excluding carboxylic acids is 2. The number of carbonyl (C=O) groups is 2. The molecular weight excluding hydrogens is 386 g/mol. The molecule has 3 fully saturated rings. The van der Waals surface area contributed by atoms with Crippen LogP contribution < -0.4 is 0 Å². The number of nitrogens with zero attached hydrogens (tertiary/aromatic N) is 1. The lowest BCUT2D eigenvalue weighted by molar-refractivity contribution is -0.275. The van der Waals surface area contributed by atoms with Crippen LogP contribution in [0, 0.1) is 23.7 Å². The molecule has 7 heteroatoms. The molecule has 2 aromatic carbocycles. The van der Waals surface area contributed by atoms with E-state index in [-0.39, 0.29) is 24.2 Å². The number of methoxy groups -OCH3 is 1. The number of imide groups is 1. The van der Waals surface area contributed by atoms with Gasteiger partial charge in [0.25, 0.3) is 0 Å². The standard InChI is InChI=1S/C23H25NO6/c1-24-21(26)16-9-12(11-29-2)23(28)17(20(16)22(24)27)10-19(30-23)15-7-8-18(25)14-6-4-3-5-13(14)15/h3-8,12,16-17,19-20,25,28H,9-11H2,1-2H3/t12-,16+,17+,19+,20+,23-/m1/s1. The molecule has 0 spiro atoms. The first-order valence-electron chi connectivity index (χ1n) is 10.3. The van der Waals surface area contributed by atoms with E-state index in [0.717, 1.165) is 10.9 Å². The molecule has 5 rings (SSSR count). The lowest BCUT2D eigenvalue weighted by Crippen LogP contribution is -2.54. The Hall–Kier alpha value is -2.48. The van der Waals surface area contributed by atoms with Crippen molar-refractivity contribution in [2.24, 2.45) is 23.7 Å². The summed E-state index contributed by atoms with van der Waals surface area (Å²) >= 11 is 0. The number of hydrogen-bond donors (Lipinski definition) is 2. The number of phenolic OH excluding ortho intramolecular Hbond substituents is 1. The van der Waals surface area contributed by atoms with Crippen molar-refractivity contribution in [3.8, 4) is 5.75 Å². The fraction of sp³-hybridized carbons (Fsp3) is 0.478. The van der Waals surface area contributed by atoms with Crippen molar-refractivity contribution in [3.63, 3.8) is 0 Å². The minimum Gasteiger partial charge on any atom is -0.507 e. The lowest BCUT2D eigenvalue weighted by atomic mass is 9.64. The summed E-state index contributed by atoms with van der Waals surface area (Å²) in [6, 6.07) is 10.9. The Morgan fingerprint density at radius 3 is 2.60 bits per heavy atom. The Kier molecular flexibility index (Phi) is 4.39. The highest BCUT2D eigenvalue weighted by Gasteiger charge is 2.66. The zero-order valence-electron chi connectivity index (χ0n) is 16.9. The molecule has 1 saturated carbocycles. The molecule has 3 aliphatic rings. The Morgan fingerprint density at radius 2 is 1.87 bits per heavy atom. The van der Waals surface area contributed by atoms with Crippen LogP contribution in [-0.4, -0.2) is 53.5 Å². The summed E-state index contributed by atoms with van der Waals surface area (Å²) in [5.74, 6) is -3.77. The van der Waals surface area contributed by atoms with E-state index in [1.54, 1.807) is 19.2 Å². The van der Waals surface area contributed by atoms with Crippen LogP contribution >= 0.6 is 0 Å². The first-order valence-corrected chi connectivity index (χ1v) is 10.3. The maximum absolute atomic E-state index is 12.9. The van der Waals surface area contributed by atoms with Crippen molar-refractivity contribution in [3.05, 3.63) is 42.0 Å². The summed E-state index contributed by atoms with van der Waals surface area (Å²) in [5.41, 5.74) is 0.851. The normalized spacial score (nSPS) is 35.7. The van der Waals surface area contributed by atoms with Crippen LogP contribution in [-0.2, 0) is 19.1 Å². The number of fused-ring (bicyclic) bond motifs is 4. The van der Waals surface area contributed by atoms with Gasteiger partial charge in [-0.25, -0.2) is 0 Å². The van der Waals surface area contributed by atoms with E-state index < -0.39 is 35.6 Å². The number of benzene rings is 2. The number of amides is 2. The molecule has 158 valence electrons. The van der Waals surface area contributed by atoms with Gasteiger partial charge in [-0.05, 0) is 29.9 Å². The number of rotatable bonds is 3. The number of hydrogen-bond acceptors (Lipinski definition) is 6. The quantitative estimate of drug-likeness (QED) is 0.752. The van der Waals surface area contributed by atoms with Crippen molar-refractivity contribution in [1.82, 2.24) is 4.90 Å². The first kappa shape index (κ1) is 19.5. The zero-order valence-corrected chi connectivity index (χ0v) is 16.9. The molecule has 2 aliphatic heterocycles. The van der Waals surface area contributed by atoms with Crippen LogP contribution in [0.3, 0.4) is 0 Å². The monoisotopic (exact) mass is 411 g/mol. The van der Waals surface area contributed by atoms with Crippen molar-refractivity contribution in [1.29, 1.82) is 0 Å². The van der Waals surface area contributed by atoms with Gasteiger partial charge >= 0.3 is 0 Å². The molecule has 6 atom stereocenters. The molecule has 0 radical (unpaired) electrons. The van der Waals surface area contributed by atoms with E-state index in [0.29, 0.717) is 18.2 Å². The summed E-state index contributed by atoms with van der Waals surface area (Å²) in [7, 11) is 3.06. The number of likely N-dealkylation sites (tertiary alicyclic amines) is 1. The molecule has 2 heterocycles. The highest BCUT2D eigenvalue weighted by Crippen LogP contribution is 2.58. The third-order valence-corrected chi connectivity index (χ3v) is 7.23. The molecule has 2 N–H and O–H groups in total. The second-order valence-electron chi connectivity index (χ2n) is 8.68. The van der Waals surface area contributed by atoms with Crippen LogP contribution in [0.2, 0.25) is 0 Å². The largest absolute Gasteiger partial charge is 0.507 e. The zero-order chi connectivity index (χ0) is 21.2. The second-order valence-corrected chi connectivity index (χ2v) is 8.68. The Balaban J connectivity index is 1.58. The van der Waals surface area contributed by atoms with Crippen molar-refractivity contribution >= 4 is 22.6 Å². The lowest BCUT2D eigenvalue weighted by Gasteiger charge is -2.44. The van der Waals surface area contributed by atoms with Gasteiger partial charge in [-0.3, -0.25) is 14.5 Å². The maximum Gasteiger partial charge on any atom is 0.233 e. The van der Waals surface area contributed by atoms with E-state index in [4.69, 9.17) is 9.47 Å². The molecule has 0 aromatic heterocycles. The molecule has 2 saturated heterocycles. The maximum atomic E-state index is 12.9. The molecule has 0 unspecified atom stereocenters. The highest BCUT2D eigenvalue weighted by atomic mass is 16.6. The van der Waals surface area contributed by atoms with E-state index in [2.05, 4.69) is 0 Å². The van der Waals surface area contributed by atoms with Gasteiger partial charge in [0, 0.05) is 31.4 Å². The molecule has 0 bridgehead atoms. The van der Waals surface area contributed by atoms with Crippen LogP contribution in [0.15, 0.2) is 36.4 Å². The van der Waals surface area contributed by atoms with Gasteiger partial charge in [0.2, 0.25) is 11.8 Å². The van der Waals surface area contributed by atoms with Crippen LogP contribution in [0.1, 0.15) is 24.5 Å². The Labute approximate surface area is 174 Å². The summed E-state index contributed by atoms with van der Waals surface area (Å²) in [6.07, 6.45) is 0.306. The molecule has 30 heavy (non-hydrogen) atoms. The van der Waals surface area contributed by atoms with Gasteiger partial charge in [-0.2, -0.15) is 0 Å². The van der Waals surface area contributed by atoms with Crippen LogP contribution in [0.4, 0.5) is 0 Å². The average molecular weight is 411 g/mol. The van der Waals surface area contributed by atoms with Crippen molar-refractivity contribution in [2.45, 2.75) is 24.7 Å².